The molecule has 3 heteroatoms. The molecule has 0 heterocycles. The maximum Gasteiger partial charge on any atom is 0.127 e. The van der Waals surface area contributed by atoms with E-state index in [1.165, 1.54) is 16.7 Å². The second kappa shape index (κ2) is 7.59. The number of benzene rings is 1. The minimum absolute atomic E-state index is 0.629. The molecule has 0 radical (unpaired) electrons. The first-order chi connectivity index (χ1) is 8.54. The van der Waals surface area contributed by atoms with Crippen molar-refractivity contribution in [2.24, 2.45) is 0 Å². The first-order valence-corrected chi connectivity index (χ1v) is 7.09. The summed E-state index contributed by atoms with van der Waals surface area (Å²) in [5, 5.41) is 3.34. The molecule has 0 aliphatic carbocycles. The van der Waals surface area contributed by atoms with Gasteiger partial charge in [-0.3, -0.25) is 0 Å². The number of aryl methyl sites for hydroxylation is 1. The van der Waals surface area contributed by atoms with Gasteiger partial charge in [-0.1, -0.05) is 28.4 Å². The molecule has 1 aromatic carbocycles. The summed E-state index contributed by atoms with van der Waals surface area (Å²) in [6.07, 6.45) is 2.10. The molecule has 0 atom stereocenters. The van der Waals surface area contributed by atoms with Gasteiger partial charge >= 0.3 is 0 Å². The normalized spacial score (nSPS) is 10.3. The van der Waals surface area contributed by atoms with E-state index in [4.69, 9.17) is 4.74 Å². The molecule has 2 nitrogen and oxygen atoms in total. The number of nitrogens with one attached hydrogen (secondary N) is 1. The van der Waals surface area contributed by atoms with E-state index >= 15 is 0 Å². The van der Waals surface area contributed by atoms with Crippen LogP contribution < -0.4 is 10.1 Å². The van der Waals surface area contributed by atoms with Crippen LogP contribution in [0.3, 0.4) is 0 Å². The highest BCUT2D eigenvalue weighted by Gasteiger charge is 2.08. The zero-order chi connectivity index (χ0) is 13.5. The quantitative estimate of drug-likeness (QED) is 0.794. The number of rotatable bonds is 6. The fraction of sp³-hybridized carbons (Fsp3) is 0.467. The molecular weight excluding hydrogens is 290 g/mol. The fourth-order valence-corrected chi connectivity index (χ4v) is 2.31. The van der Waals surface area contributed by atoms with E-state index in [-0.39, 0.29) is 0 Å². The third-order valence-electron chi connectivity index (χ3n) is 2.60. The second-order valence-corrected chi connectivity index (χ2v) is 5.50. The van der Waals surface area contributed by atoms with Gasteiger partial charge in [0.25, 0.3) is 0 Å². The molecule has 0 saturated heterocycles. The highest BCUT2D eigenvalue weighted by molar-refractivity contribution is 9.10. The monoisotopic (exact) mass is 311 g/mol. The van der Waals surface area contributed by atoms with E-state index < -0.39 is 0 Å². The third-order valence-corrected chi connectivity index (χ3v) is 3.06. The maximum absolute atomic E-state index is 5.89. The van der Waals surface area contributed by atoms with Crippen LogP contribution in [0.15, 0.2) is 28.3 Å². The first-order valence-electron chi connectivity index (χ1n) is 6.30. The van der Waals surface area contributed by atoms with Crippen molar-refractivity contribution in [1.82, 2.24) is 5.32 Å². The lowest BCUT2D eigenvalue weighted by atomic mass is 10.1. The first kappa shape index (κ1) is 15.3. The molecule has 0 saturated carbocycles. The number of allylic oxidation sites excluding steroid dienone is 1. The minimum atomic E-state index is 0.629. The Morgan fingerprint density at radius 2 is 2.11 bits per heavy atom. The predicted molar refractivity (Wildman–Crippen MR) is 81.2 cm³/mol. The number of halogens is 1. The molecule has 0 bridgehead atoms. The Balaban J connectivity index is 2.88. The van der Waals surface area contributed by atoms with Gasteiger partial charge in [0.05, 0.1) is 0 Å². The lowest BCUT2D eigenvalue weighted by Gasteiger charge is -2.14. The summed E-state index contributed by atoms with van der Waals surface area (Å²) in [6.45, 7) is 10.8. The van der Waals surface area contributed by atoms with Crippen molar-refractivity contribution in [3.63, 3.8) is 0 Å². The summed E-state index contributed by atoms with van der Waals surface area (Å²) < 4.78 is 6.99. The van der Waals surface area contributed by atoms with Gasteiger partial charge in [0.15, 0.2) is 0 Å². The Morgan fingerprint density at radius 1 is 1.39 bits per heavy atom. The van der Waals surface area contributed by atoms with Crippen LogP contribution >= 0.6 is 15.9 Å². The average Bonchev–Trinajstić information content (AvgIpc) is 2.28. The Bertz CT molecular complexity index is 423. The van der Waals surface area contributed by atoms with E-state index in [0.717, 1.165) is 23.3 Å². The van der Waals surface area contributed by atoms with Crippen molar-refractivity contribution in [3.05, 3.63) is 39.4 Å². The lowest BCUT2D eigenvalue weighted by molar-refractivity contribution is 0.354. The minimum Gasteiger partial charge on any atom is -0.489 e. The van der Waals surface area contributed by atoms with Crippen LogP contribution in [-0.4, -0.2) is 13.2 Å². The van der Waals surface area contributed by atoms with E-state index in [2.05, 4.69) is 67.2 Å². The molecule has 0 spiro atoms. The van der Waals surface area contributed by atoms with Crippen LogP contribution in [0, 0.1) is 6.92 Å². The molecule has 1 aromatic rings. The second-order valence-electron chi connectivity index (χ2n) is 4.58. The van der Waals surface area contributed by atoms with Gasteiger partial charge in [0.1, 0.15) is 12.4 Å². The van der Waals surface area contributed by atoms with Gasteiger partial charge in [-0.05, 0) is 51.1 Å². The Morgan fingerprint density at radius 3 is 2.72 bits per heavy atom. The van der Waals surface area contributed by atoms with Crippen molar-refractivity contribution >= 4 is 15.9 Å². The van der Waals surface area contributed by atoms with E-state index in [9.17, 15) is 0 Å². The Kier molecular flexibility index (Phi) is 6.44. The molecule has 0 fully saturated rings. The standard InChI is InChI=1S/C15H22BrNO/c1-5-17-10-13-9-14(16)8-12(4)15(13)18-7-6-11(2)3/h6,8-9,17H,5,7,10H2,1-4H3. The fourth-order valence-electron chi connectivity index (χ4n) is 1.69. The molecule has 1 N–H and O–H groups in total. The highest BCUT2D eigenvalue weighted by Crippen LogP contribution is 2.28. The zero-order valence-electron chi connectivity index (χ0n) is 11.6. The smallest absolute Gasteiger partial charge is 0.127 e. The molecule has 0 aliphatic heterocycles. The summed E-state index contributed by atoms with van der Waals surface area (Å²) in [5.41, 5.74) is 3.64. The van der Waals surface area contributed by atoms with Crippen LogP contribution in [-0.2, 0) is 6.54 Å². The van der Waals surface area contributed by atoms with Crippen molar-refractivity contribution < 1.29 is 4.74 Å². The molecule has 0 aliphatic rings. The number of ether oxygens (including phenoxy) is 1. The Hall–Kier alpha value is -0.800. The summed E-state index contributed by atoms with van der Waals surface area (Å²) in [7, 11) is 0. The number of hydrogen-bond donors (Lipinski definition) is 1. The molecule has 18 heavy (non-hydrogen) atoms. The third kappa shape index (κ3) is 4.83. The molecule has 100 valence electrons. The topological polar surface area (TPSA) is 21.3 Å². The van der Waals surface area contributed by atoms with Crippen molar-refractivity contribution in [1.29, 1.82) is 0 Å². The SMILES string of the molecule is CCNCc1cc(Br)cc(C)c1OCC=C(C)C. The van der Waals surface area contributed by atoms with E-state index in [1.807, 2.05) is 0 Å². The van der Waals surface area contributed by atoms with Gasteiger partial charge in [0.2, 0.25) is 0 Å². The van der Waals surface area contributed by atoms with Gasteiger partial charge in [-0.2, -0.15) is 0 Å². The molecule has 0 amide bonds. The van der Waals surface area contributed by atoms with Crippen LogP contribution in [0.25, 0.3) is 0 Å². The summed E-state index contributed by atoms with van der Waals surface area (Å²) in [4.78, 5) is 0. The molecule has 0 aromatic heterocycles. The van der Waals surface area contributed by atoms with Crippen molar-refractivity contribution in [2.75, 3.05) is 13.2 Å². The van der Waals surface area contributed by atoms with Crippen LogP contribution in [0.1, 0.15) is 31.9 Å². The van der Waals surface area contributed by atoms with Crippen molar-refractivity contribution in [3.8, 4) is 5.75 Å². The average molecular weight is 312 g/mol. The molecule has 0 unspecified atom stereocenters. The maximum atomic E-state index is 5.89. The van der Waals surface area contributed by atoms with E-state index in [0.29, 0.717) is 6.61 Å². The highest BCUT2D eigenvalue weighted by atomic mass is 79.9. The summed E-state index contributed by atoms with van der Waals surface area (Å²) in [5.74, 6) is 0.997. The van der Waals surface area contributed by atoms with Crippen molar-refractivity contribution in [2.45, 2.75) is 34.2 Å². The zero-order valence-corrected chi connectivity index (χ0v) is 13.2. The molecule has 1 rings (SSSR count). The summed E-state index contributed by atoms with van der Waals surface area (Å²) >= 11 is 3.54. The lowest BCUT2D eigenvalue weighted by Crippen LogP contribution is -2.13. The van der Waals surface area contributed by atoms with Gasteiger partial charge < -0.3 is 10.1 Å². The Labute approximate surface area is 119 Å². The van der Waals surface area contributed by atoms with Crippen LogP contribution in [0.5, 0.6) is 5.75 Å². The predicted octanol–water partition coefficient (Wildman–Crippen LogP) is 4.21. The molecular formula is C15H22BrNO. The summed E-state index contributed by atoms with van der Waals surface area (Å²) in [6, 6.07) is 4.21. The largest absolute Gasteiger partial charge is 0.489 e. The number of hydrogen-bond acceptors (Lipinski definition) is 2. The van der Waals surface area contributed by atoms with Crippen LogP contribution in [0.2, 0.25) is 0 Å². The van der Waals surface area contributed by atoms with Crippen LogP contribution in [0.4, 0.5) is 0 Å². The van der Waals surface area contributed by atoms with Gasteiger partial charge in [-0.15, -0.1) is 0 Å². The van der Waals surface area contributed by atoms with Gasteiger partial charge in [-0.25, -0.2) is 0 Å². The van der Waals surface area contributed by atoms with E-state index in [1.54, 1.807) is 0 Å². The van der Waals surface area contributed by atoms with Gasteiger partial charge in [0, 0.05) is 16.6 Å².